The number of rotatable bonds is 5. The van der Waals surface area contributed by atoms with E-state index in [0.717, 1.165) is 0 Å². The van der Waals surface area contributed by atoms with E-state index in [9.17, 15) is 17.6 Å². The van der Waals surface area contributed by atoms with E-state index >= 15 is 0 Å². The summed E-state index contributed by atoms with van der Waals surface area (Å²) >= 11 is 3.21. The van der Waals surface area contributed by atoms with Crippen molar-refractivity contribution in [3.8, 4) is 0 Å². The van der Waals surface area contributed by atoms with Gasteiger partial charge in [0.2, 0.25) is 0 Å². The van der Waals surface area contributed by atoms with Gasteiger partial charge in [-0.05, 0) is 23.8 Å². The molecule has 0 saturated carbocycles. The molecule has 0 aliphatic heterocycles. The normalized spacial score (nSPS) is 11.8. The van der Waals surface area contributed by atoms with Gasteiger partial charge in [0, 0.05) is 17.6 Å². The third-order valence-corrected chi connectivity index (χ3v) is 2.64. The highest BCUT2D eigenvalue weighted by Crippen LogP contribution is 2.17. The van der Waals surface area contributed by atoms with Crippen molar-refractivity contribution in [2.45, 2.75) is 12.9 Å². The molecule has 0 amide bonds. The summed E-state index contributed by atoms with van der Waals surface area (Å²) in [5.74, 6) is -0.392. The molecule has 96 valence electrons. The molecule has 1 aromatic carbocycles. The number of ether oxygens (including phenoxy) is 1. The van der Waals surface area contributed by atoms with Crippen LogP contribution in [0.1, 0.15) is 5.56 Å². The fourth-order valence-electron chi connectivity index (χ4n) is 1.14. The number of hydrogen-bond donors (Lipinski definition) is 1. The molecule has 0 bridgehead atoms. The molecule has 0 aliphatic rings. The summed E-state index contributed by atoms with van der Waals surface area (Å²) in [5.41, 5.74) is 0.636. The first-order valence-electron chi connectivity index (χ1n) is 4.74. The Balaban J connectivity index is 2.29. The average molecular weight is 316 g/mol. The van der Waals surface area contributed by atoms with Crippen molar-refractivity contribution < 1.29 is 22.3 Å². The van der Waals surface area contributed by atoms with Gasteiger partial charge in [-0.25, -0.2) is 4.39 Å². The molecule has 1 rings (SSSR count). The zero-order valence-corrected chi connectivity index (χ0v) is 10.2. The van der Waals surface area contributed by atoms with Crippen LogP contribution in [0.4, 0.5) is 17.6 Å². The van der Waals surface area contributed by atoms with Crippen LogP contribution in [0.5, 0.6) is 0 Å². The fraction of sp³-hybridized carbons (Fsp3) is 0.400. The third-order valence-electron chi connectivity index (χ3n) is 1.87. The summed E-state index contributed by atoms with van der Waals surface area (Å²) in [6.45, 7) is -0.182. The van der Waals surface area contributed by atoms with Gasteiger partial charge in [0.05, 0.1) is 6.61 Å². The van der Waals surface area contributed by atoms with E-state index in [1.165, 1.54) is 12.1 Å². The van der Waals surface area contributed by atoms with E-state index in [4.69, 9.17) is 0 Å². The summed E-state index contributed by atoms with van der Waals surface area (Å²) in [6.07, 6.45) is -4.61. The van der Waals surface area contributed by atoms with Gasteiger partial charge in [0.1, 0.15) is 5.82 Å². The highest BCUT2D eigenvalue weighted by atomic mass is 79.9. The molecule has 17 heavy (non-hydrogen) atoms. The second-order valence-corrected chi connectivity index (χ2v) is 4.06. The number of halogens is 5. The van der Waals surface area contributed by atoms with Crippen LogP contribution in [0.2, 0.25) is 0 Å². The molecule has 0 radical (unpaired) electrons. The van der Waals surface area contributed by atoms with E-state index in [-0.39, 0.29) is 13.1 Å². The molecule has 0 fully saturated rings. The minimum atomic E-state index is -4.61. The lowest BCUT2D eigenvalue weighted by molar-refractivity contribution is -0.323. The van der Waals surface area contributed by atoms with E-state index in [1.807, 2.05) is 0 Å². The standard InChI is InChI=1S/C10H10BrF4NO/c11-9-2-1-8(12)5-7(9)6-16-3-4-17-10(13,14)15/h1-2,5,16H,3-4,6H2. The van der Waals surface area contributed by atoms with Crippen molar-refractivity contribution >= 4 is 15.9 Å². The molecule has 0 spiro atoms. The van der Waals surface area contributed by atoms with Crippen LogP contribution >= 0.6 is 15.9 Å². The molecule has 1 N–H and O–H groups in total. The van der Waals surface area contributed by atoms with Crippen LogP contribution in [-0.4, -0.2) is 19.5 Å². The van der Waals surface area contributed by atoms with E-state index in [0.29, 0.717) is 10.0 Å². The maximum Gasteiger partial charge on any atom is 0.522 e. The lowest BCUT2D eigenvalue weighted by Gasteiger charge is -2.09. The van der Waals surface area contributed by atoms with Crippen LogP contribution in [0.3, 0.4) is 0 Å². The third kappa shape index (κ3) is 5.99. The van der Waals surface area contributed by atoms with Crippen LogP contribution in [0.25, 0.3) is 0 Å². The highest BCUT2D eigenvalue weighted by Gasteiger charge is 2.28. The molecule has 1 aromatic rings. The second kappa shape index (κ2) is 6.32. The van der Waals surface area contributed by atoms with Crippen LogP contribution in [0.15, 0.2) is 22.7 Å². The number of nitrogens with one attached hydrogen (secondary N) is 1. The average Bonchev–Trinajstić information content (AvgIpc) is 2.21. The van der Waals surface area contributed by atoms with Crippen molar-refractivity contribution in [2.75, 3.05) is 13.2 Å². The summed E-state index contributed by atoms with van der Waals surface area (Å²) in [6, 6.07) is 4.14. The minimum Gasteiger partial charge on any atom is -0.310 e. The Kier molecular flexibility index (Phi) is 5.35. The molecule has 0 unspecified atom stereocenters. The Morgan fingerprint density at radius 2 is 2.00 bits per heavy atom. The maximum absolute atomic E-state index is 12.9. The summed E-state index contributed by atoms with van der Waals surface area (Å²) in [4.78, 5) is 0. The first-order valence-corrected chi connectivity index (χ1v) is 5.53. The molecular formula is C10H10BrF4NO. The van der Waals surface area contributed by atoms with Crippen molar-refractivity contribution in [3.63, 3.8) is 0 Å². The Morgan fingerprint density at radius 1 is 1.29 bits per heavy atom. The fourth-order valence-corrected chi connectivity index (χ4v) is 1.53. The van der Waals surface area contributed by atoms with Gasteiger partial charge in [-0.2, -0.15) is 0 Å². The van der Waals surface area contributed by atoms with Gasteiger partial charge in [0.15, 0.2) is 0 Å². The summed E-state index contributed by atoms with van der Waals surface area (Å²) in [7, 11) is 0. The van der Waals surface area contributed by atoms with Crippen molar-refractivity contribution in [1.82, 2.24) is 5.32 Å². The summed E-state index contributed by atoms with van der Waals surface area (Å²) < 4.78 is 52.0. The van der Waals surface area contributed by atoms with Crippen LogP contribution < -0.4 is 5.32 Å². The second-order valence-electron chi connectivity index (χ2n) is 3.21. The monoisotopic (exact) mass is 315 g/mol. The molecule has 0 saturated heterocycles. The van der Waals surface area contributed by atoms with Crippen molar-refractivity contribution in [1.29, 1.82) is 0 Å². The van der Waals surface area contributed by atoms with Gasteiger partial charge in [-0.1, -0.05) is 15.9 Å². The smallest absolute Gasteiger partial charge is 0.310 e. The molecular weight excluding hydrogens is 306 g/mol. The lowest BCUT2D eigenvalue weighted by atomic mass is 10.2. The number of benzene rings is 1. The number of hydrogen-bond acceptors (Lipinski definition) is 2. The SMILES string of the molecule is Fc1ccc(Br)c(CNCCOC(F)(F)F)c1. The van der Waals surface area contributed by atoms with E-state index in [1.54, 1.807) is 6.07 Å². The Hall–Kier alpha value is -0.660. The largest absolute Gasteiger partial charge is 0.522 e. The van der Waals surface area contributed by atoms with Gasteiger partial charge in [0.25, 0.3) is 0 Å². The van der Waals surface area contributed by atoms with E-state index < -0.39 is 18.8 Å². The summed E-state index contributed by atoms with van der Waals surface area (Å²) in [5, 5.41) is 2.72. The predicted octanol–water partition coefficient (Wildman–Crippen LogP) is 3.21. The first-order chi connectivity index (χ1) is 7.88. The van der Waals surface area contributed by atoms with Gasteiger partial charge in [-0.15, -0.1) is 13.2 Å². The topological polar surface area (TPSA) is 21.3 Å². The molecule has 2 nitrogen and oxygen atoms in total. The molecule has 0 aliphatic carbocycles. The van der Waals surface area contributed by atoms with Gasteiger partial charge >= 0.3 is 6.36 Å². The molecule has 0 heterocycles. The highest BCUT2D eigenvalue weighted by molar-refractivity contribution is 9.10. The van der Waals surface area contributed by atoms with E-state index in [2.05, 4.69) is 26.0 Å². The van der Waals surface area contributed by atoms with Crippen LogP contribution in [0, 0.1) is 5.82 Å². The Morgan fingerprint density at radius 3 is 2.65 bits per heavy atom. The number of alkyl halides is 3. The van der Waals surface area contributed by atoms with Crippen molar-refractivity contribution in [2.24, 2.45) is 0 Å². The lowest BCUT2D eigenvalue weighted by Crippen LogP contribution is -2.24. The molecule has 7 heteroatoms. The quantitative estimate of drug-likeness (QED) is 0.665. The molecule has 0 atom stereocenters. The Labute approximate surface area is 104 Å². The van der Waals surface area contributed by atoms with Crippen LogP contribution in [-0.2, 0) is 11.3 Å². The maximum atomic E-state index is 12.9. The Bertz CT molecular complexity index is 370. The van der Waals surface area contributed by atoms with Gasteiger partial charge in [-0.3, -0.25) is 4.74 Å². The minimum absolute atomic E-state index is 0.0302. The zero-order valence-electron chi connectivity index (χ0n) is 8.65. The van der Waals surface area contributed by atoms with Crippen molar-refractivity contribution in [3.05, 3.63) is 34.1 Å². The predicted molar refractivity (Wildman–Crippen MR) is 57.8 cm³/mol. The van der Waals surface area contributed by atoms with Gasteiger partial charge < -0.3 is 5.32 Å². The zero-order chi connectivity index (χ0) is 12.9. The molecule has 0 aromatic heterocycles. The first kappa shape index (κ1) is 14.4.